The van der Waals surface area contributed by atoms with Gasteiger partial charge in [-0.1, -0.05) is 30.3 Å². The molecule has 20 heavy (non-hydrogen) atoms. The largest absolute Gasteiger partial charge is 0.508 e. The van der Waals surface area contributed by atoms with E-state index in [1.165, 1.54) is 21.2 Å². The minimum atomic E-state index is -3.43. The highest BCUT2D eigenvalue weighted by molar-refractivity contribution is 14.2. The summed E-state index contributed by atoms with van der Waals surface area (Å²) in [7, 11) is -3.43. The van der Waals surface area contributed by atoms with Crippen molar-refractivity contribution in [3.8, 4) is 11.5 Å². The molecule has 0 aromatic heterocycles. The van der Waals surface area contributed by atoms with E-state index in [1.54, 1.807) is 24.3 Å². The fourth-order valence-electron chi connectivity index (χ4n) is 1.18. The first kappa shape index (κ1) is 17.5. The van der Waals surface area contributed by atoms with Crippen LogP contribution in [0.4, 0.5) is 0 Å². The summed E-state index contributed by atoms with van der Waals surface area (Å²) in [5.74, 6) is 0.736. The number of hydrogen-bond donors (Lipinski definition) is 1. The Morgan fingerprint density at radius 2 is 1.60 bits per heavy atom. The van der Waals surface area contributed by atoms with Crippen molar-refractivity contribution in [2.75, 3.05) is 0 Å². The molecule has 4 nitrogen and oxygen atoms in total. The van der Waals surface area contributed by atoms with E-state index in [0.29, 0.717) is 11.5 Å². The third-order valence-corrected chi connectivity index (χ3v) is 3.95. The maximum atomic E-state index is 10.7. The average Bonchev–Trinajstić information content (AvgIpc) is 2.35. The molecule has 0 bridgehead atoms. The summed E-state index contributed by atoms with van der Waals surface area (Å²) in [5.41, 5.74) is 0.924. The van der Waals surface area contributed by atoms with Gasteiger partial charge in [0.2, 0.25) is 0 Å². The summed E-state index contributed by atoms with van der Waals surface area (Å²) in [5, 5.41) is 8.92. The Balaban J connectivity index is 0.000000217. The molecule has 2 aromatic rings. The van der Waals surface area contributed by atoms with Gasteiger partial charge in [0, 0.05) is 0 Å². The summed E-state index contributed by atoms with van der Waals surface area (Å²) >= 11 is 3.25. The number of para-hydroxylation sites is 2. The van der Waals surface area contributed by atoms with Gasteiger partial charge in [-0.25, -0.2) is 0 Å². The zero-order valence-corrected chi connectivity index (χ0v) is 15.6. The van der Waals surface area contributed by atoms with Gasteiger partial charge in [0.15, 0.2) is 5.75 Å². The SMILES string of the molecule is Cc1ccccc1O.O=S(=O)(I)Oc1ccccc1I. The van der Waals surface area contributed by atoms with Gasteiger partial charge in [-0.05, 0) is 53.3 Å². The second kappa shape index (κ2) is 8.03. The minimum absolute atomic E-state index is 0.368. The van der Waals surface area contributed by atoms with Gasteiger partial charge in [-0.15, -0.1) is 0 Å². The van der Waals surface area contributed by atoms with Gasteiger partial charge in [-0.3, -0.25) is 0 Å². The molecule has 0 fully saturated rings. The molecule has 0 heterocycles. The molecule has 0 saturated heterocycles. The number of phenolic OH excluding ortho intramolecular Hbond substituents is 1. The van der Waals surface area contributed by atoms with Gasteiger partial charge in [0.05, 0.1) is 3.57 Å². The Bertz CT molecular complexity index is 651. The molecular weight excluding hydrogens is 506 g/mol. The second-order valence-corrected chi connectivity index (χ2v) is 9.04. The third kappa shape index (κ3) is 6.75. The van der Waals surface area contributed by atoms with Crippen LogP contribution < -0.4 is 4.18 Å². The van der Waals surface area contributed by atoms with E-state index in [-0.39, 0.29) is 0 Å². The van der Waals surface area contributed by atoms with Crippen molar-refractivity contribution in [2.45, 2.75) is 6.92 Å². The van der Waals surface area contributed by atoms with E-state index in [1.807, 2.05) is 53.8 Å². The molecule has 2 rings (SSSR count). The van der Waals surface area contributed by atoms with E-state index < -0.39 is 7.29 Å². The summed E-state index contributed by atoms with van der Waals surface area (Å²) < 4.78 is 26.9. The van der Waals surface area contributed by atoms with Crippen LogP contribution >= 0.6 is 43.8 Å². The van der Waals surface area contributed by atoms with Gasteiger partial charge in [0.25, 0.3) is 0 Å². The van der Waals surface area contributed by atoms with Crippen LogP contribution in [0.15, 0.2) is 48.5 Å². The first-order chi connectivity index (χ1) is 9.29. The Kier molecular flexibility index (Phi) is 7.03. The molecular formula is C13H12I2O4S. The van der Waals surface area contributed by atoms with Crippen molar-refractivity contribution < 1.29 is 17.7 Å². The maximum absolute atomic E-state index is 10.7. The minimum Gasteiger partial charge on any atom is -0.508 e. The topological polar surface area (TPSA) is 63.6 Å². The molecule has 0 unspecified atom stereocenters. The van der Waals surface area contributed by atoms with Crippen LogP contribution in [-0.4, -0.2) is 13.5 Å². The van der Waals surface area contributed by atoms with Crippen LogP contribution in [0, 0.1) is 10.5 Å². The fraction of sp³-hybridized carbons (Fsp3) is 0.0769. The molecule has 1 N–H and O–H groups in total. The van der Waals surface area contributed by atoms with Crippen LogP contribution in [0.3, 0.4) is 0 Å². The van der Waals surface area contributed by atoms with Crippen molar-refractivity contribution in [1.29, 1.82) is 0 Å². The molecule has 0 aliphatic carbocycles. The van der Waals surface area contributed by atoms with E-state index in [2.05, 4.69) is 4.18 Å². The lowest BCUT2D eigenvalue weighted by Gasteiger charge is -2.02. The quantitative estimate of drug-likeness (QED) is 0.482. The lowest BCUT2D eigenvalue weighted by atomic mass is 10.2. The normalized spacial score (nSPS) is 10.3. The molecule has 7 heteroatoms. The van der Waals surface area contributed by atoms with Crippen LogP contribution in [0.2, 0.25) is 0 Å². The number of phenols is 1. The van der Waals surface area contributed by atoms with E-state index >= 15 is 0 Å². The van der Waals surface area contributed by atoms with Gasteiger partial charge < -0.3 is 9.29 Å². The van der Waals surface area contributed by atoms with Gasteiger partial charge >= 0.3 is 7.29 Å². The first-order valence-corrected chi connectivity index (χ1v) is 10.5. The summed E-state index contributed by atoms with van der Waals surface area (Å²) in [6.45, 7) is 1.87. The van der Waals surface area contributed by atoms with Crippen LogP contribution in [0.1, 0.15) is 5.56 Å². The van der Waals surface area contributed by atoms with Crippen molar-refractivity contribution in [3.05, 3.63) is 57.7 Å². The second-order valence-electron chi connectivity index (χ2n) is 3.69. The van der Waals surface area contributed by atoms with E-state index in [0.717, 1.165) is 9.13 Å². The van der Waals surface area contributed by atoms with Crippen molar-refractivity contribution in [1.82, 2.24) is 0 Å². The number of aromatic hydroxyl groups is 1. The van der Waals surface area contributed by atoms with Gasteiger partial charge in [0.1, 0.15) is 27.0 Å². The Labute approximate surface area is 144 Å². The van der Waals surface area contributed by atoms with Crippen LogP contribution in [-0.2, 0) is 7.29 Å². The number of hydrogen-bond acceptors (Lipinski definition) is 4. The molecule has 0 amide bonds. The lowest BCUT2D eigenvalue weighted by molar-refractivity contribution is 0.471. The smallest absolute Gasteiger partial charge is 0.364 e. The Morgan fingerprint density at radius 1 is 1.05 bits per heavy atom. The Hall–Kier alpha value is -0.550. The molecule has 0 spiro atoms. The molecule has 0 aliphatic heterocycles. The van der Waals surface area contributed by atoms with Crippen molar-refractivity contribution >= 4 is 51.1 Å². The van der Waals surface area contributed by atoms with E-state index in [9.17, 15) is 8.42 Å². The highest BCUT2D eigenvalue weighted by atomic mass is 127. The van der Waals surface area contributed by atoms with E-state index in [4.69, 9.17) is 5.11 Å². The molecule has 0 atom stereocenters. The summed E-state index contributed by atoms with van der Waals surface area (Å²) in [6, 6.07) is 14.2. The van der Waals surface area contributed by atoms with Crippen molar-refractivity contribution in [2.24, 2.45) is 0 Å². The lowest BCUT2D eigenvalue weighted by Crippen LogP contribution is -2.00. The fourth-order valence-corrected chi connectivity index (χ4v) is 2.77. The molecule has 0 radical (unpaired) electrons. The monoisotopic (exact) mass is 518 g/mol. The highest BCUT2D eigenvalue weighted by Gasteiger charge is 2.08. The number of rotatable bonds is 2. The average molecular weight is 518 g/mol. The third-order valence-electron chi connectivity index (χ3n) is 2.14. The zero-order chi connectivity index (χ0) is 15.2. The molecule has 108 valence electrons. The van der Waals surface area contributed by atoms with Crippen LogP contribution in [0.25, 0.3) is 0 Å². The first-order valence-electron chi connectivity index (χ1n) is 5.43. The highest BCUT2D eigenvalue weighted by Crippen LogP contribution is 2.22. The zero-order valence-electron chi connectivity index (χ0n) is 10.5. The maximum Gasteiger partial charge on any atom is 0.364 e. The number of benzene rings is 2. The van der Waals surface area contributed by atoms with Crippen molar-refractivity contribution in [3.63, 3.8) is 0 Å². The number of aryl methyl sites for hydroxylation is 1. The molecule has 0 aliphatic rings. The standard InChI is InChI=1S/C7H8O.C6H4I2O3S/c1-6-4-2-3-5-7(6)8;7-5-3-1-2-4-6(5)11-12(8,9)10/h2-5,8H,1H3;1-4H. The Morgan fingerprint density at radius 3 is 2.05 bits per heavy atom. The summed E-state index contributed by atoms with van der Waals surface area (Å²) in [4.78, 5) is 0. The predicted octanol–water partition coefficient (Wildman–Crippen LogP) is 4.05. The van der Waals surface area contributed by atoms with Crippen LogP contribution in [0.5, 0.6) is 11.5 Å². The van der Waals surface area contributed by atoms with Gasteiger partial charge in [-0.2, -0.15) is 8.42 Å². The number of halogens is 2. The molecule has 2 aromatic carbocycles. The predicted molar refractivity (Wildman–Crippen MR) is 95.6 cm³/mol. The summed E-state index contributed by atoms with van der Waals surface area (Å²) in [6.07, 6.45) is 0. The molecule has 0 saturated carbocycles.